The van der Waals surface area contributed by atoms with E-state index in [4.69, 9.17) is 4.99 Å². The minimum absolute atomic E-state index is 0.0495. The maximum Gasteiger partial charge on any atom is 0.221 e. The van der Waals surface area contributed by atoms with Gasteiger partial charge in [0.15, 0.2) is 5.96 Å². The molecule has 1 saturated heterocycles. The normalized spacial score (nSPS) is 15.1. The fourth-order valence-corrected chi connectivity index (χ4v) is 3.63. The molecule has 1 fully saturated rings. The Hall–Kier alpha value is -2.86. The van der Waals surface area contributed by atoms with Crippen molar-refractivity contribution >= 4 is 17.6 Å². The summed E-state index contributed by atoms with van der Waals surface area (Å²) < 4.78 is 0. The lowest BCUT2D eigenvalue weighted by Gasteiger charge is -2.36. The fraction of sp³-hybridized carbons (Fsp3) is 0.417. The van der Waals surface area contributed by atoms with Gasteiger partial charge in [0, 0.05) is 58.4 Å². The standard InChI is InChI=1S/C24H33N5O/c1-3-25-24(26-14-13-21-9-11-23(12-10-21)27-20(2)30)29-17-15-28(16-18-29)19-22-7-5-4-6-8-22/h4-12H,3,13-19H2,1-2H3,(H,25,26)(H,27,30). The van der Waals surface area contributed by atoms with Gasteiger partial charge in [-0.1, -0.05) is 42.5 Å². The Morgan fingerprint density at radius 3 is 2.30 bits per heavy atom. The number of amides is 1. The molecule has 160 valence electrons. The smallest absolute Gasteiger partial charge is 0.221 e. The topological polar surface area (TPSA) is 60.0 Å². The average Bonchev–Trinajstić information content (AvgIpc) is 2.75. The van der Waals surface area contributed by atoms with Crippen LogP contribution in [0.1, 0.15) is 25.0 Å². The number of guanidine groups is 1. The van der Waals surface area contributed by atoms with Crippen LogP contribution in [-0.4, -0.2) is 60.9 Å². The van der Waals surface area contributed by atoms with Gasteiger partial charge in [-0.2, -0.15) is 0 Å². The van der Waals surface area contributed by atoms with Crippen LogP contribution in [0.25, 0.3) is 0 Å². The number of nitrogens with zero attached hydrogens (tertiary/aromatic N) is 3. The van der Waals surface area contributed by atoms with Crippen molar-refractivity contribution in [3.8, 4) is 0 Å². The van der Waals surface area contributed by atoms with Gasteiger partial charge in [-0.15, -0.1) is 0 Å². The Morgan fingerprint density at radius 1 is 0.967 bits per heavy atom. The summed E-state index contributed by atoms with van der Waals surface area (Å²) >= 11 is 0. The lowest BCUT2D eigenvalue weighted by molar-refractivity contribution is -0.114. The number of nitrogens with one attached hydrogen (secondary N) is 2. The molecule has 0 aromatic heterocycles. The molecule has 0 bridgehead atoms. The molecule has 0 spiro atoms. The van der Waals surface area contributed by atoms with Gasteiger partial charge in [-0.25, -0.2) is 0 Å². The molecule has 1 amide bonds. The second kappa shape index (κ2) is 11.4. The zero-order valence-electron chi connectivity index (χ0n) is 18.1. The van der Waals surface area contributed by atoms with E-state index in [-0.39, 0.29) is 5.91 Å². The molecule has 1 aliphatic rings. The predicted molar refractivity (Wildman–Crippen MR) is 124 cm³/mol. The first-order chi connectivity index (χ1) is 14.6. The average molecular weight is 408 g/mol. The quantitative estimate of drug-likeness (QED) is 0.547. The number of piperazine rings is 1. The van der Waals surface area contributed by atoms with Gasteiger partial charge in [0.2, 0.25) is 5.91 Å². The van der Waals surface area contributed by atoms with Crippen molar-refractivity contribution in [1.82, 2.24) is 15.1 Å². The molecule has 0 unspecified atom stereocenters. The number of aliphatic imine (C=N–C) groups is 1. The van der Waals surface area contributed by atoms with Crippen molar-refractivity contribution in [1.29, 1.82) is 0 Å². The summed E-state index contributed by atoms with van der Waals surface area (Å²) in [4.78, 5) is 20.9. The zero-order chi connectivity index (χ0) is 21.2. The number of hydrogen-bond donors (Lipinski definition) is 2. The van der Waals surface area contributed by atoms with Crippen LogP contribution in [0.4, 0.5) is 5.69 Å². The van der Waals surface area contributed by atoms with Gasteiger partial charge in [-0.3, -0.25) is 14.7 Å². The SMILES string of the molecule is CCNC(=NCCc1ccc(NC(C)=O)cc1)N1CCN(Cc2ccccc2)CC1. The Balaban J connectivity index is 1.49. The molecule has 0 atom stereocenters. The molecule has 6 heteroatoms. The number of anilines is 1. The summed E-state index contributed by atoms with van der Waals surface area (Å²) in [5.74, 6) is 0.957. The first-order valence-corrected chi connectivity index (χ1v) is 10.8. The Kier molecular flexibility index (Phi) is 8.27. The summed E-state index contributed by atoms with van der Waals surface area (Å²) in [7, 11) is 0. The Morgan fingerprint density at radius 2 is 1.67 bits per heavy atom. The summed E-state index contributed by atoms with van der Waals surface area (Å²) in [6, 6.07) is 18.7. The van der Waals surface area contributed by atoms with Crippen LogP contribution >= 0.6 is 0 Å². The van der Waals surface area contributed by atoms with E-state index < -0.39 is 0 Å². The van der Waals surface area contributed by atoms with Crippen LogP contribution in [-0.2, 0) is 17.8 Å². The fourth-order valence-electron chi connectivity index (χ4n) is 3.63. The van der Waals surface area contributed by atoms with Crippen LogP contribution in [0.2, 0.25) is 0 Å². The highest BCUT2D eigenvalue weighted by molar-refractivity contribution is 5.88. The highest BCUT2D eigenvalue weighted by Crippen LogP contribution is 2.11. The summed E-state index contributed by atoms with van der Waals surface area (Å²) in [6.45, 7) is 10.3. The molecular formula is C24H33N5O. The van der Waals surface area contributed by atoms with Crippen LogP contribution in [0, 0.1) is 0 Å². The molecule has 0 saturated carbocycles. The molecule has 2 aromatic rings. The first-order valence-electron chi connectivity index (χ1n) is 10.8. The number of rotatable bonds is 7. The van der Waals surface area contributed by atoms with Crippen molar-refractivity contribution in [3.63, 3.8) is 0 Å². The third kappa shape index (κ3) is 6.88. The van der Waals surface area contributed by atoms with Crippen LogP contribution in [0.3, 0.4) is 0 Å². The number of hydrogen-bond acceptors (Lipinski definition) is 3. The van der Waals surface area contributed by atoms with Crippen LogP contribution in [0.5, 0.6) is 0 Å². The third-order valence-corrected chi connectivity index (χ3v) is 5.19. The Bertz CT molecular complexity index is 811. The van der Waals surface area contributed by atoms with E-state index in [0.29, 0.717) is 0 Å². The highest BCUT2D eigenvalue weighted by atomic mass is 16.1. The molecular weight excluding hydrogens is 374 g/mol. The molecule has 2 aromatic carbocycles. The zero-order valence-corrected chi connectivity index (χ0v) is 18.1. The van der Waals surface area contributed by atoms with Crippen molar-refractivity contribution in [2.45, 2.75) is 26.8 Å². The summed E-state index contributed by atoms with van der Waals surface area (Å²) in [5.41, 5.74) is 3.42. The second-order valence-corrected chi connectivity index (χ2v) is 7.61. The van der Waals surface area contributed by atoms with Gasteiger partial charge in [0.25, 0.3) is 0 Å². The minimum Gasteiger partial charge on any atom is -0.357 e. The minimum atomic E-state index is -0.0495. The molecule has 1 heterocycles. The molecule has 6 nitrogen and oxygen atoms in total. The number of benzene rings is 2. The molecule has 0 radical (unpaired) electrons. The molecule has 3 rings (SSSR count). The van der Waals surface area contributed by atoms with Gasteiger partial charge in [0.1, 0.15) is 0 Å². The third-order valence-electron chi connectivity index (χ3n) is 5.19. The van der Waals surface area contributed by atoms with E-state index in [1.54, 1.807) is 0 Å². The summed E-state index contributed by atoms with van der Waals surface area (Å²) in [5, 5.41) is 6.24. The molecule has 30 heavy (non-hydrogen) atoms. The lowest BCUT2D eigenvalue weighted by Crippen LogP contribution is -2.52. The van der Waals surface area contributed by atoms with E-state index in [9.17, 15) is 4.79 Å². The predicted octanol–water partition coefficient (Wildman–Crippen LogP) is 2.97. The van der Waals surface area contributed by atoms with E-state index in [2.05, 4.69) is 69.8 Å². The van der Waals surface area contributed by atoms with Crippen molar-refractivity contribution < 1.29 is 4.79 Å². The maximum absolute atomic E-state index is 11.1. The maximum atomic E-state index is 11.1. The Labute approximate surface area is 180 Å². The largest absolute Gasteiger partial charge is 0.357 e. The van der Waals surface area contributed by atoms with Gasteiger partial charge >= 0.3 is 0 Å². The van der Waals surface area contributed by atoms with Crippen LogP contribution < -0.4 is 10.6 Å². The molecule has 0 aliphatic carbocycles. The van der Waals surface area contributed by atoms with Gasteiger partial charge < -0.3 is 15.5 Å². The van der Waals surface area contributed by atoms with Crippen molar-refractivity contribution in [2.24, 2.45) is 4.99 Å². The lowest BCUT2D eigenvalue weighted by atomic mass is 10.1. The highest BCUT2D eigenvalue weighted by Gasteiger charge is 2.19. The van der Waals surface area contributed by atoms with Crippen molar-refractivity contribution in [3.05, 3.63) is 65.7 Å². The number of carbonyl (C=O) groups is 1. The van der Waals surface area contributed by atoms with Crippen LogP contribution in [0.15, 0.2) is 59.6 Å². The first kappa shape index (κ1) is 21.8. The molecule has 2 N–H and O–H groups in total. The molecule has 1 aliphatic heterocycles. The summed E-state index contributed by atoms with van der Waals surface area (Å²) in [6.07, 6.45) is 0.878. The van der Waals surface area contributed by atoms with Crippen molar-refractivity contribution in [2.75, 3.05) is 44.6 Å². The van der Waals surface area contributed by atoms with Gasteiger partial charge in [0.05, 0.1) is 0 Å². The van der Waals surface area contributed by atoms with Gasteiger partial charge in [-0.05, 0) is 36.6 Å². The van der Waals surface area contributed by atoms with E-state index in [1.807, 2.05) is 12.1 Å². The van der Waals surface area contributed by atoms with E-state index in [0.717, 1.165) is 63.9 Å². The second-order valence-electron chi connectivity index (χ2n) is 7.61. The number of carbonyl (C=O) groups excluding carboxylic acids is 1. The van der Waals surface area contributed by atoms with E-state index >= 15 is 0 Å². The van der Waals surface area contributed by atoms with E-state index in [1.165, 1.54) is 18.1 Å². The monoisotopic (exact) mass is 407 g/mol.